The second kappa shape index (κ2) is 8.25. The van der Waals surface area contributed by atoms with Crippen LogP contribution < -0.4 is 4.90 Å². The zero-order valence-corrected chi connectivity index (χ0v) is 19.6. The molecule has 174 valence electrons. The van der Waals surface area contributed by atoms with Crippen LogP contribution in [0, 0.1) is 19.7 Å². The molecular formula is C24H23ClFN7O. The second-order valence-corrected chi connectivity index (χ2v) is 9.29. The predicted octanol–water partition coefficient (Wildman–Crippen LogP) is 4.61. The van der Waals surface area contributed by atoms with Crippen molar-refractivity contribution in [3.05, 3.63) is 58.4 Å². The normalized spacial score (nSPS) is 18.6. The van der Waals surface area contributed by atoms with Gasteiger partial charge in [-0.05, 0) is 44.9 Å². The Morgan fingerprint density at radius 1 is 1.09 bits per heavy atom. The fraction of sp³-hybridized carbons (Fsp3) is 0.375. The van der Waals surface area contributed by atoms with Crippen molar-refractivity contribution in [1.82, 2.24) is 29.7 Å². The van der Waals surface area contributed by atoms with Gasteiger partial charge in [-0.3, -0.25) is 4.68 Å². The van der Waals surface area contributed by atoms with E-state index in [0.717, 1.165) is 17.0 Å². The third-order valence-corrected chi connectivity index (χ3v) is 6.62. The molecule has 8 nitrogen and oxygen atoms in total. The van der Waals surface area contributed by atoms with Gasteiger partial charge in [-0.2, -0.15) is 10.1 Å². The highest BCUT2D eigenvalue weighted by Crippen LogP contribution is 2.36. The molecule has 1 aliphatic carbocycles. The number of hydrogen-bond donors (Lipinski definition) is 0. The summed E-state index contributed by atoms with van der Waals surface area (Å²) in [4.78, 5) is 20.8. The fourth-order valence-corrected chi connectivity index (χ4v) is 4.36. The molecular weight excluding hydrogens is 457 g/mol. The fourth-order valence-electron chi connectivity index (χ4n) is 4.20. The first-order chi connectivity index (χ1) is 16.5. The van der Waals surface area contributed by atoms with Gasteiger partial charge in [0.25, 0.3) is 0 Å². The van der Waals surface area contributed by atoms with E-state index in [4.69, 9.17) is 26.3 Å². The molecule has 10 heteroatoms. The molecule has 2 fully saturated rings. The monoisotopic (exact) mass is 479 g/mol. The van der Waals surface area contributed by atoms with Gasteiger partial charge in [-0.25, -0.2) is 19.3 Å². The van der Waals surface area contributed by atoms with Crippen molar-refractivity contribution < 1.29 is 9.13 Å². The van der Waals surface area contributed by atoms with Gasteiger partial charge >= 0.3 is 0 Å². The number of rotatable bonds is 4. The summed E-state index contributed by atoms with van der Waals surface area (Å²) in [5.74, 6) is 0.00288. The zero-order chi connectivity index (χ0) is 23.4. The van der Waals surface area contributed by atoms with Gasteiger partial charge < -0.3 is 9.64 Å². The first kappa shape index (κ1) is 21.4. The molecule has 0 radical (unpaired) electrons. The number of fused-ring (bicyclic) bond motifs is 1. The summed E-state index contributed by atoms with van der Waals surface area (Å²) in [6, 6.07) is 5.06. The maximum absolute atomic E-state index is 14.9. The van der Waals surface area contributed by atoms with E-state index >= 15 is 0 Å². The molecule has 6 rings (SSSR count). The van der Waals surface area contributed by atoms with Crippen LogP contribution in [0.25, 0.3) is 22.4 Å². The minimum absolute atomic E-state index is 0.151. The largest absolute Gasteiger partial charge is 0.370 e. The minimum Gasteiger partial charge on any atom is -0.370 e. The summed E-state index contributed by atoms with van der Waals surface area (Å²) in [6.07, 6.45) is 6.14. The van der Waals surface area contributed by atoms with Crippen molar-refractivity contribution in [1.29, 1.82) is 0 Å². The highest BCUT2D eigenvalue weighted by Gasteiger charge is 2.29. The Morgan fingerprint density at radius 2 is 1.91 bits per heavy atom. The quantitative estimate of drug-likeness (QED) is 0.423. The van der Waals surface area contributed by atoms with Gasteiger partial charge in [0.2, 0.25) is 5.95 Å². The number of halogens is 2. The van der Waals surface area contributed by atoms with Gasteiger partial charge in [0.1, 0.15) is 23.1 Å². The van der Waals surface area contributed by atoms with Crippen LogP contribution in [-0.2, 0) is 4.74 Å². The molecule has 0 N–H and O–H groups in total. The van der Waals surface area contributed by atoms with Gasteiger partial charge in [-0.15, -0.1) is 0 Å². The predicted molar refractivity (Wildman–Crippen MR) is 126 cm³/mol. The Morgan fingerprint density at radius 3 is 2.71 bits per heavy atom. The Balaban J connectivity index is 1.41. The van der Waals surface area contributed by atoms with E-state index in [1.165, 1.54) is 18.9 Å². The number of ether oxygens (including phenoxy) is 1. The molecule has 4 aromatic rings. The van der Waals surface area contributed by atoms with Crippen LogP contribution in [0.1, 0.15) is 41.9 Å². The van der Waals surface area contributed by atoms with Crippen molar-refractivity contribution in [3.8, 4) is 11.3 Å². The molecule has 4 heterocycles. The minimum atomic E-state index is -0.467. The van der Waals surface area contributed by atoms with E-state index in [0.29, 0.717) is 59.1 Å². The summed E-state index contributed by atoms with van der Waals surface area (Å²) < 4.78 is 23.0. The Hall–Kier alpha value is -3.17. The third kappa shape index (κ3) is 3.88. The van der Waals surface area contributed by atoms with Crippen LogP contribution in [0.3, 0.4) is 0 Å². The first-order valence-electron chi connectivity index (χ1n) is 11.4. The molecule has 0 spiro atoms. The molecule has 3 aromatic heterocycles. The number of morpholine rings is 1. The topological polar surface area (TPSA) is 81.9 Å². The van der Waals surface area contributed by atoms with Crippen molar-refractivity contribution in [2.75, 3.05) is 24.6 Å². The van der Waals surface area contributed by atoms with Crippen molar-refractivity contribution in [2.45, 2.75) is 38.8 Å². The van der Waals surface area contributed by atoms with Crippen molar-refractivity contribution in [3.63, 3.8) is 0 Å². The van der Waals surface area contributed by atoms with E-state index in [2.05, 4.69) is 26.2 Å². The lowest BCUT2D eigenvalue weighted by Gasteiger charge is -2.32. The van der Waals surface area contributed by atoms with E-state index in [9.17, 15) is 4.39 Å². The van der Waals surface area contributed by atoms with Crippen LogP contribution in [-0.4, -0.2) is 49.4 Å². The first-order valence-corrected chi connectivity index (χ1v) is 11.7. The molecule has 0 bridgehead atoms. The average molecular weight is 480 g/mol. The zero-order valence-electron chi connectivity index (χ0n) is 18.9. The molecule has 1 saturated carbocycles. The second-order valence-electron chi connectivity index (χ2n) is 8.85. The van der Waals surface area contributed by atoms with Gasteiger partial charge in [-0.1, -0.05) is 11.6 Å². The third-order valence-electron chi connectivity index (χ3n) is 6.38. The average Bonchev–Trinajstić information content (AvgIpc) is 3.56. The van der Waals surface area contributed by atoms with Crippen LogP contribution in [0.4, 0.5) is 10.3 Å². The van der Waals surface area contributed by atoms with Crippen molar-refractivity contribution in [2.24, 2.45) is 0 Å². The van der Waals surface area contributed by atoms with Crippen LogP contribution in [0.5, 0.6) is 0 Å². The lowest BCUT2D eigenvalue weighted by molar-refractivity contribution is 0.0392. The molecule has 0 amide bonds. The maximum atomic E-state index is 14.9. The number of hydrogen-bond acceptors (Lipinski definition) is 7. The summed E-state index contributed by atoms with van der Waals surface area (Å²) in [6.45, 7) is 5.44. The summed E-state index contributed by atoms with van der Waals surface area (Å²) in [5, 5.41) is 4.82. The number of aromatic nitrogens is 6. The molecule has 2 aliphatic rings. The smallest absolute Gasteiger partial charge is 0.228 e. The molecule has 1 aromatic carbocycles. The molecule has 1 unspecified atom stereocenters. The molecule has 1 atom stereocenters. The Labute approximate surface area is 200 Å². The van der Waals surface area contributed by atoms with Gasteiger partial charge in [0, 0.05) is 28.9 Å². The maximum Gasteiger partial charge on any atom is 0.228 e. The number of aryl methyl sites for hydroxylation is 2. The van der Waals surface area contributed by atoms with Crippen LogP contribution >= 0.6 is 11.6 Å². The van der Waals surface area contributed by atoms with Crippen LogP contribution in [0.2, 0.25) is 5.02 Å². The van der Waals surface area contributed by atoms with E-state index in [-0.39, 0.29) is 6.10 Å². The molecule has 1 aliphatic heterocycles. The SMILES string of the molecule is Cc1nc2nc(N3CCOC(c4cnn(C5CC5)c4)C3)nc(-c3ccc(Cl)cc3F)c2nc1C. The van der Waals surface area contributed by atoms with Gasteiger partial charge in [0.05, 0.1) is 36.8 Å². The standard InChI is InChI=1S/C24H23ClFN7O/c1-13-14(2)29-23-22(28-13)21(18-6-3-16(25)9-19(18)26)30-24(31-23)32-7-8-34-20(12-32)15-10-27-33(11-15)17-4-5-17/h3,6,9-11,17,20H,4-5,7-8,12H2,1-2H3. The lowest BCUT2D eigenvalue weighted by Crippen LogP contribution is -2.39. The molecule has 34 heavy (non-hydrogen) atoms. The van der Waals surface area contributed by atoms with Gasteiger partial charge in [0.15, 0.2) is 5.65 Å². The number of benzene rings is 1. The number of anilines is 1. The Kier molecular flexibility index (Phi) is 5.18. The highest BCUT2D eigenvalue weighted by molar-refractivity contribution is 6.30. The summed E-state index contributed by atoms with van der Waals surface area (Å²) in [5.41, 5.74) is 4.16. The van der Waals surface area contributed by atoms with E-state index in [1.807, 2.05) is 24.7 Å². The van der Waals surface area contributed by atoms with Crippen LogP contribution in [0.15, 0.2) is 30.6 Å². The molecule has 1 saturated heterocycles. The lowest BCUT2D eigenvalue weighted by atomic mass is 10.1. The number of nitrogens with zero attached hydrogens (tertiary/aromatic N) is 7. The van der Waals surface area contributed by atoms with Crippen molar-refractivity contribution >= 4 is 28.7 Å². The summed E-state index contributed by atoms with van der Waals surface area (Å²) in [7, 11) is 0. The Bertz CT molecular complexity index is 1400. The van der Waals surface area contributed by atoms with E-state index in [1.54, 1.807) is 12.1 Å². The summed E-state index contributed by atoms with van der Waals surface area (Å²) >= 11 is 5.99. The van der Waals surface area contributed by atoms with E-state index < -0.39 is 5.82 Å². The highest BCUT2D eigenvalue weighted by atomic mass is 35.5.